The normalized spacial score (nSPS) is 17.8. The molecule has 1 heterocycles. The second-order valence-corrected chi connectivity index (χ2v) is 7.68. The van der Waals surface area contributed by atoms with Gasteiger partial charge in [0.25, 0.3) is 0 Å². The van der Waals surface area contributed by atoms with Crippen LogP contribution in [0.1, 0.15) is 18.9 Å². The molecule has 1 aliphatic heterocycles. The van der Waals surface area contributed by atoms with Crippen LogP contribution in [0.2, 0.25) is 0 Å². The van der Waals surface area contributed by atoms with Gasteiger partial charge in [0.1, 0.15) is 11.0 Å². The molecule has 1 aliphatic rings. The van der Waals surface area contributed by atoms with E-state index in [9.17, 15) is 14.0 Å². The third-order valence-electron chi connectivity index (χ3n) is 4.39. The lowest BCUT2D eigenvalue weighted by molar-refractivity contribution is -0.123. The molecule has 1 atom stereocenters. The molecule has 8 nitrogen and oxygen atoms in total. The highest BCUT2D eigenvalue weighted by Gasteiger charge is 2.30. The van der Waals surface area contributed by atoms with Gasteiger partial charge >= 0.3 is 0 Å². The van der Waals surface area contributed by atoms with Gasteiger partial charge in [-0.1, -0.05) is 23.9 Å². The van der Waals surface area contributed by atoms with Crippen molar-refractivity contribution in [2.24, 2.45) is 10.2 Å². The van der Waals surface area contributed by atoms with E-state index in [0.29, 0.717) is 22.7 Å². The van der Waals surface area contributed by atoms with E-state index in [0.717, 1.165) is 11.8 Å². The van der Waals surface area contributed by atoms with Gasteiger partial charge in [-0.05, 0) is 37.3 Å². The molecule has 10 heteroatoms. The summed E-state index contributed by atoms with van der Waals surface area (Å²) in [4.78, 5) is 24.7. The van der Waals surface area contributed by atoms with Crippen LogP contribution in [0.4, 0.5) is 10.1 Å². The molecule has 2 aromatic carbocycles. The Kier molecular flexibility index (Phi) is 7.24. The largest absolute Gasteiger partial charge is 0.495 e. The number of para-hydroxylation sites is 2. The van der Waals surface area contributed by atoms with Gasteiger partial charge in [-0.25, -0.2) is 4.39 Å². The van der Waals surface area contributed by atoms with E-state index in [1.54, 1.807) is 37.3 Å². The number of anilines is 1. The van der Waals surface area contributed by atoms with Crippen molar-refractivity contribution in [3.8, 4) is 11.5 Å². The molecule has 0 spiro atoms. The van der Waals surface area contributed by atoms with Crippen molar-refractivity contribution in [1.82, 2.24) is 5.32 Å². The van der Waals surface area contributed by atoms with Crippen molar-refractivity contribution >= 4 is 40.1 Å². The zero-order chi connectivity index (χ0) is 22.4. The molecule has 1 fully saturated rings. The number of benzene rings is 2. The van der Waals surface area contributed by atoms with E-state index in [-0.39, 0.29) is 29.2 Å². The number of hydrogen-bond acceptors (Lipinski definition) is 7. The minimum absolute atomic E-state index is 0.00292. The van der Waals surface area contributed by atoms with Gasteiger partial charge in [0.05, 0.1) is 25.6 Å². The Labute approximate surface area is 182 Å². The summed E-state index contributed by atoms with van der Waals surface area (Å²) < 4.78 is 24.0. The Morgan fingerprint density at radius 1 is 1.19 bits per heavy atom. The molecule has 0 unspecified atom stereocenters. The van der Waals surface area contributed by atoms with E-state index in [1.807, 2.05) is 0 Å². The molecule has 3 rings (SSSR count). The maximum atomic E-state index is 13.9. The SMILES string of the molecule is COc1ccc(/C(C)=N/N=C2\NC(=O)C[C@@H](C(=O)Nc3ccccc3OC)S2)cc1F. The monoisotopic (exact) mass is 444 g/mol. The number of rotatable bonds is 6. The number of nitrogens with one attached hydrogen (secondary N) is 2. The van der Waals surface area contributed by atoms with Crippen molar-refractivity contribution < 1.29 is 23.5 Å². The zero-order valence-corrected chi connectivity index (χ0v) is 18.0. The van der Waals surface area contributed by atoms with Gasteiger partial charge in [0, 0.05) is 12.0 Å². The van der Waals surface area contributed by atoms with Crippen LogP contribution in [0.5, 0.6) is 11.5 Å². The predicted octanol–water partition coefficient (Wildman–Crippen LogP) is 3.18. The summed E-state index contributed by atoms with van der Waals surface area (Å²) in [5.41, 5.74) is 1.46. The second kappa shape index (κ2) is 10.1. The van der Waals surface area contributed by atoms with Crippen LogP contribution in [0.3, 0.4) is 0 Å². The van der Waals surface area contributed by atoms with Gasteiger partial charge in [0.15, 0.2) is 16.7 Å². The lowest BCUT2D eigenvalue weighted by atomic mass is 10.1. The topological polar surface area (TPSA) is 101 Å². The van der Waals surface area contributed by atoms with E-state index in [1.165, 1.54) is 26.4 Å². The van der Waals surface area contributed by atoms with E-state index < -0.39 is 11.1 Å². The first-order chi connectivity index (χ1) is 14.9. The molecule has 0 aliphatic carbocycles. The fourth-order valence-corrected chi connectivity index (χ4v) is 3.70. The molecule has 1 saturated heterocycles. The quantitative estimate of drug-likeness (QED) is 0.526. The van der Waals surface area contributed by atoms with Gasteiger partial charge in [-0.15, -0.1) is 5.10 Å². The number of carbonyl (C=O) groups is 2. The highest BCUT2D eigenvalue weighted by atomic mass is 32.2. The highest BCUT2D eigenvalue weighted by molar-refractivity contribution is 8.15. The fourth-order valence-electron chi connectivity index (χ4n) is 2.77. The average molecular weight is 444 g/mol. The Hall–Kier alpha value is -3.40. The minimum atomic E-state index is -0.689. The lowest BCUT2D eigenvalue weighted by Gasteiger charge is -2.22. The molecule has 162 valence electrons. The van der Waals surface area contributed by atoms with Gasteiger partial charge in [-0.2, -0.15) is 5.10 Å². The van der Waals surface area contributed by atoms with E-state index in [4.69, 9.17) is 9.47 Å². The standard InChI is InChI=1S/C21H21FN4O4S/c1-12(13-8-9-16(29-2)14(22)10-13)25-26-21-24-19(27)11-18(31-21)20(28)23-15-6-4-5-7-17(15)30-3/h4-10,18H,11H2,1-3H3,(H,23,28)(H,24,26,27)/b25-12+/t18-/m0/s1. The van der Waals surface area contributed by atoms with Crippen LogP contribution in [-0.2, 0) is 9.59 Å². The third kappa shape index (κ3) is 5.60. The first-order valence-corrected chi connectivity index (χ1v) is 10.2. The molecule has 0 saturated carbocycles. The zero-order valence-electron chi connectivity index (χ0n) is 17.1. The van der Waals surface area contributed by atoms with Gasteiger partial charge in [0.2, 0.25) is 11.8 Å². The lowest BCUT2D eigenvalue weighted by Crippen LogP contribution is -2.41. The summed E-state index contributed by atoms with van der Waals surface area (Å²) in [6.07, 6.45) is -0.00292. The molecule has 2 amide bonds. The Bertz CT molecular complexity index is 1060. The smallest absolute Gasteiger partial charge is 0.238 e. The maximum Gasteiger partial charge on any atom is 0.238 e. The first kappa shape index (κ1) is 22.3. The third-order valence-corrected chi connectivity index (χ3v) is 5.46. The summed E-state index contributed by atoms with van der Waals surface area (Å²) >= 11 is 1.09. The highest BCUT2D eigenvalue weighted by Crippen LogP contribution is 2.27. The van der Waals surface area contributed by atoms with Crippen molar-refractivity contribution in [2.75, 3.05) is 19.5 Å². The van der Waals surface area contributed by atoms with E-state index >= 15 is 0 Å². The van der Waals surface area contributed by atoms with Gasteiger partial charge < -0.3 is 20.1 Å². The molecule has 0 bridgehead atoms. The molecular formula is C21H21FN4O4S. The number of thioether (sulfide) groups is 1. The van der Waals surface area contributed by atoms with Crippen molar-refractivity contribution in [2.45, 2.75) is 18.6 Å². The molecular weight excluding hydrogens is 423 g/mol. The summed E-state index contributed by atoms with van der Waals surface area (Å²) in [5.74, 6) is -0.574. The molecule has 2 aromatic rings. The average Bonchev–Trinajstić information content (AvgIpc) is 2.77. The van der Waals surface area contributed by atoms with Crippen LogP contribution in [-0.4, -0.2) is 42.2 Å². The summed E-state index contributed by atoms with van der Waals surface area (Å²) in [7, 11) is 2.89. The number of amides is 2. The molecule has 0 radical (unpaired) electrons. The number of carbonyl (C=O) groups excluding carboxylic acids is 2. The predicted molar refractivity (Wildman–Crippen MR) is 118 cm³/mol. The minimum Gasteiger partial charge on any atom is -0.495 e. The first-order valence-electron chi connectivity index (χ1n) is 9.27. The Balaban J connectivity index is 1.73. The summed E-state index contributed by atoms with van der Waals surface area (Å²) in [6.45, 7) is 1.66. The van der Waals surface area contributed by atoms with Crippen LogP contribution >= 0.6 is 11.8 Å². The number of nitrogens with zero attached hydrogens (tertiary/aromatic N) is 2. The summed E-state index contributed by atoms with van der Waals surface area (Å²) in [6, 6.07) is 11.4. The Morgan fingerprint density at radius 3 is 2.65 bits per heavy atom. The molecule has 2 N–H and O–H groups in total. The number of amidine groups is 1. The number of hydrogen-bond donors (Lipinski definition) is 2. The van der Waals surface area contributed by atoms with E-state index in [2.05, 4.69) is 20.8 Å². The Morgan fingerprint density at radius 2 is 1.94 bits per heavy atom. The summed E-state index contributed by atoms with van der Waals surface area (Å²) in [5, 5.41) is 13.0. The van der Waals surface area contributed by atoms with Crippen molar-refractivity contribution in [1.29, 1.82) is 0 Å². The van der Waals surface area contributed by atoms with Crippen molar-refractivity contribution in [3.63, 3.8) is 0 Å². The number of halogens is 1. The molecule has 31 heavy (non-hydrogen) atoms. The van der Waals surface area contributed by atoms with Crippen LogP contribution in [0, 0.1) is 5.82 Å². The maximum absolute atomic E-state index is 13.9. The van der Waals surface area contributed by atoms with Crippen LogP contribution in [0.25, 0.3) is 0 Å². The van der Waals surface area contributed by atoms with Crippen LogP contribution < -0.4 is 20.1 Å². The second-order valence-electron chi connectivity index (χ2n) is 6.49. The fraction of sp³-hybridized carbons (Fsp3) is 0.238. The van der Waals surface area contributed by atoms with Gasteiger partial charge in [-0.3, -0.25) is 9.59 Å². The number of methoxy groups -OCH3 is 2. The van der Waals surface area contributed by atoms with Crippen LogP contribution in [0.15, 0.2) is 52.7 Å². The molecule has 0 aromatic heterocycles. The van der Waals surface area contributed by atoms with Crippen molar-refractivity contribution in [3.05, 3.63) is 53.8 Å². The number of ether oxygens (including phenoxy) is 2.